The zero-order valence-corrected chi connectivity index (χ0v) is 12.5. The Morgan fingerprint density at radius 2 is 2.26 bits per heavy atom. The maximum atomic E-state index is 6.34. The van der Waals surface area contributed by atoms with E-state index in [4.69, 9.17) is 22.1 Å². The standard InChI is InChI=1S/C15H23ClN2O/c1-3-8-18-9-4-5-13(17)15(18)11-6-7-14(19-2)12(16)10-11/h6-7,10,13,15H,3-5,8-9,17H2,1-2H3. The number of hydrogen-bond donors (Lipinski definition) is 1. The van der Waals surface area contributed by atoms with Crippen molar-refractivity contribution in [3.8, 4) is 5.75 Å². The summed E-state index contributed by atoms with van der Waals surface area (Å²) in [6.07, 6.45) is 3.41. The lowest BCUT2D eigenvalue weighted by atomic mass is 9.91. The monoisotopic (exact) mass is 282 g/mol. The Balaban J connectivity index is 2.27. The van der Waals surface area contributed by atoms with Crippen molar-refractivity contribution in [2.45, 2.75) is 38.3 Å². The van der Waals surface area contributed by atoms with Gasteiger partial charge in [-0.2, -0.15) is 0 Å². The van der Waals surface area contributed by atoms with Crippen molar-refractivity contribution in [1.82, 2.24) is 4.90 Å². The smallest absolute Gasteiger partial charge is 0.137 e. The summed E-state index contributed by atoms with van der Waals surface area (Å²) in [5.41, 5.74) is 7.54. The first-order chi connectivity index (χ1) is 9.17. The Morgan fingerprint density at radius 1 is 1.47 bits per heavy atom. The molecule has 0 bridgehead atoms. The van der Waals surface area contributed by atoms with Crippen molar-refractivity contribution in [1.29, 1.82) is 0 Å². The van der Waals surface area contributed by atoms with E-state index in [0.29, 0.717) is 5.02 Å². The van der Waals surface area contributed by atoms with Gasteiger partial charge in [-0.15, -0.1) is 0 Å². The molecule has 0 saturated carbocycles. The van der Waals surface area contributed by atoms with E-state index in [0.717, 1.165) is 31.7 Å². The van der Waals surface area contributed by atoms with E-state index < -0.39 is 0 Å². The summed E-state index contributed by atoms with van der Waals surface area (Å²) in [5, 5.41) is 0.661. The second kappa shape index (κ2) is 6.60. The molecular formula is C15H23ClN2O. The van der Waals surface area contributed by atoms with Gasteiger partial charge in [0.2, 0.25) is 0 Å². The molecule has 0 amide bonds. The van der Waals surface area contributed by atoms with E-state index >= 15 is 0 Å². The first kappa shape index (κ1) is 14.6. The maximum absolute atomic E-state index is 6.34. The van der Waals surface area contributed by atoms with E-state index in [1.165, 1.54) is 12.0 Å². The third-order valence-corrected chi connectivity index (χ3v) is 4.11. The minimum atomic E-state index is 0.185. The van der Waals surface area contributed by atoms with Crippen LogP contribution in [0.5, 0.6) is 5.75 Å². The minimum absolute atomic E-state index is 0.185. The fourth-order valence-corrected chi connectivity index (χ4v) is 3.23. The number of likely N-dealkylation sites (tertiary alicyclic amines) is 1. The second-order valence-corrected chi connectivity index (χ2v) is 5.59. The molecule has 0 aromatic heterocycles. The Labute approximate surface area is 120 Å². The van der Waals surface area contributed by atoms with Crippen LogP contribution in [0.1, 0.15) is 37.8 Å². The average Bonchev–Trinajstić information content (AvgIpc) is 2.39. The predicted octanol–water partition coefficient (Wildman–Crippen LogP) is 3.22. The van der Waals surface area contributed by atoms with E-state index in [1.54, 1.807) is 7.11 Å². The van der Waals surface area contributed by atoms with Crippen LogP contribution in [0, 0.1) is 0 Å². The van der Waals surface area contributed by atoms with Gasteiger partial charge >= 0.3 is 0 Å². The van der Waals surface area contributed by atoms with Gasteiger partial charge in [0.1, 0.15) is 5.75 Å². The summed E-state index contributed by atoms with van der Waals surface area (Å²) in [6, 6.07) is 6.48. The van der Waals surface area contributed by atoms with E-state index in [1.807, 2.05) is 12.1 Å². The van der Waals surface area contributed by atoms with Crippen LogP contribution in [0.2, 0.25) is 5.02 Å². The molecule has 1 saturated heterocycles. The molecular weight excluding hydrogens is 260 g/mol. The topological polar surface area (TPSA) is 38.5 Å². The first-order valence-electron chi connectivity index (χ1n) is 7.00. The quantitative estimate of drug-likeness (QED) is 0.921. The SMILES string of the molecule is CCCN1CCCC(N)C1c1ccc(OC)c(Cl)c1. The molecule has 1 aliphatic heterocycles. The highest BCUT2D eigenvalue weighted by Crippen LogP contribution is 2.34. The van der Waals surface area contributed by atoms with Gasteiger partial charge in [0.15, 0.2) is 0 Å². The van der Waals surface area contributed by atoms with Crippen LogP contribution in [0.25, 0.3) is 0 Å². The molecule has 1 fully saturated rings. The molecule has 2 N–H and O–H groups in total. The molecule has 2 atom stereocenters. The second-order valence-electron chi connectivity index (χ2n) is 5.18. The highest BCUT2D eigenvalue weighted by atomic mass is 35.5. The fourth-order valence-electron chi connectivity index (χ4n) is 2.96. The van der Waals surface area contributed by atoms with Gasteiger partial charge in [0.25, 0.3) is 0 Å². The molecule has 106 valence electrons. The molecule has 0 spiro atoms. The third-order valence-electron chi connectivity index (χ3n) is 3.81. The van der Waals surface area contributed by atoms with Crippen molar-refractivity contribution in [2.24, 2.45) is 5.73 Å². The van der Waals surface area contributed by atoms with E-state index in [2.05, 4.69) is 17.9 Å². The third kappa shape index (κ3) is 3.22. The van der Waals surface area contributed by atoms with Crippen LogP contribution < -0.4 is 10.5 Å². The Bertz CT molecular complexity index is 423. The first-order valence-corrected chi connectivity index (χ1v) is 7.38. The molecule has 1 heterocycles. The molecule has 1 aliphatic rings. The average molecular weight is 283 g/mol. The summed E-state index contributed by atoms with van der Waals surface area (Å²) < 4.78 is 5.21. The number of hydrogen-bond acceptors (Lipinski definition) is 3. The van der Waals surface area contributed by atoms with Crippen molar-refractivity contribution in [3.63, 3.8) is 0 Å². The molecule has 4 heteroatoms. The molecule has 1 aromatic rings. The number of piperidine rings is 1. The molecule has 0 aliphatic carbocycles. The molecule has 3 nitrogen and oxygen atoms in total. The highest BCUT2D eigenvalue weighted by Gasteiger charge is 2.30. The lowest BCUT2D eigenvalue weighted by Crippen LogP contribution is -2.46. The van der Waals surface area contributed by atoms with Crippen molar-refractivity contribution >= 4 is 11.6 Å². The van der Waals surface area contributed by atoms with Crippen molar-refractivity contribution in [3.05, 3.63) is 28.8 Å². The summed E-state index contributed by atoms with van der Waals surface area (Å²) in [7, 11) is 1.64. The van der Waals surface area contributed by atoms with Crippen LogP contribution in [0.3, 0.4) is 0 Å². The Morgan fingerprint density at radius 3 is 2.89 bits per heavy atom. The number of nitrogens with zero attached hydrogens (tertiary/aromatic N) is 1. The summed E-state index contributed by atoms with van der Waals surface area (Å²) in [5.74, 6) is 0.719. The van der Waals surface area contributed by atoms with Crippen molar-refractivity contribution in [2.75, 3.05) is 20.2 Å². The molecule has 0 radical (unpaired) electrons. The zero-order valence-electron chi connectivity index (χ0n) is 11.7. The van der Waals surface area contributed by atoms with Crippen LogP contribution in [0.15, 0.2) is 18.2 Å². The van der Waals surface area contributed by atoms with Gasteiger partial charge < -0.3 is 10.5 Å². The van der Waals surface area contributed by atoms with Crippen molar-refractivity contribution < 1.29 is 4.74 Å². The zero-order chi connectivity index (χ0) is 13.8. The number of nitrogens with two attached hydrogens (primary N) is 1. The number of ether oxygens (including phenoxy) is 1. The van der Waals surface area contributed by atoms with Gasteiger partial charge in [-0.3, -0.25) is 4.90 Å². The predicted molar refractivity (Wildman–Crippen MR) is 79.8 cm³/mol. The summed E-state index contributed by atoms with van der Waals surface area (Å²) >= 11 is 6.24. The van der Waals surface area contributed by atoms with Gasteiger partial charge in [-0.25, -0.2) is 0 Å². The van der Waals surface area contributed by atoms with Gasteiger partial charge in [-0.05, 0) is 50.0 Å². The lowest BCUT2D eigenvalue weighted by Gasteiger charge is -2.40. The molecule has 19 heavy (non-hydrogen) atoms. The lowest BCUT2D eigenvalue weighted by molar-refractivity contribution is 0.128. The van der Waals surface area contributed by atoms with Crippen LogP contribution in [-0.4, -0.2) is 31.1 Å². The Kier molecular flexibility index (Phi) is 5.08. The number of rotatable bonds is 4. The highest BCUT2D eigenvalue weighted by molar-refractivity contribution is 6.32. The number of methoxy groups -OCH3 is 1. The maximum Gasteiger partial charge on any atom is 0.137 e. The molecule has 2 unspecified atom stereocenters. The van der Waals surface area contributed by atoms with Crippen LogP contribution in [0.4, 0.5) is 0 Å². The molecule has 1 aromatic carbocycles. The fraction of sp³-hybridized carbons (Fsp3) is 0.600. The number of halogens is 1. The van der Waals surface area contributed by atoms with Crippen LogP contribution >= 0.6 is 11.6 Å². The van der Waals surface area contributed by atoms with Gasteiger partial charge in [-0.1, -0.05) is 24.6 Å². The number of benzene rings is 1. The minimum Gasteiger partial charge on any atom is -0.495 e. The molecule has 2 rings (SSSR count). The summed E-state index contributed by atoms with van der Waals surface area (Å²) in [6.45, 7) is 4.41. The van der Waals surface area contributed by atoms with Gasteiger partial charge in [0, 0.05) is 12.1 Å². The Hall–Kier alpha value is -0.770. The normalized spacial score (nSPS) is 24.4. The van der Waals surface area contributed by atoms with E-state index in [9.17, 15) is 0 Å². The van der Waals surface area contributed by atoms with Crippen LogP contribution in [-0.2, 0) is 0 Å². The summed E-state index contributed by atoms with van der Waals surface area (Å²) in [4.78, 5) is 2.48. The van der Waals surface area contributed by atoms with E-state index in [-0.39, 0.29) is 12.1 Å². The largest absolute Gasteiger partial charge is 0.495 e. The van der Waals surface area contributed by atoms with Gasteiger partial charge in [0.05, 0.1) is 12.1 Å².